The third-order valence-corrected chi connectivity index (χ3v) is 3.25. The van der Waals surface area contributed by atoms with Gasteiger partial charge in [-0.2, -0.15) is 0 Å². The fraction of sp³-hybridized carbons (Fsp3) is 0.294. The monoisotopic (exact) mass is 300 g/mol. The van der Waals surface area contributed by atoms with Crippen LogP contribution in [-0.2, 0) is 4.74 Å². The Morgan fingerprint density at radius 1 is 1.23 bits per heavy atom. The Bertz CT molecular complexity index is 575. The van der Waals surface area contributed by atoms with E-state index in [4.69, 9.17) is 4.74 Å². The van der Waals surface area contributed by atoms with E-state index in [0.29, 0.717) is 5.56 Å². The number of ether oxygens (including phenoxy) is 1. The summed E-state index contributed by atoms with van der Waals surface area (Å²) in [4.78, 5) is 15.7. The summed E-state index contributed by atoms with van der Waals surface area (Å²) in [6.07, 6.45) is 2.25. The van der Waals surface area contributed by atoms with E-state index in [1.54, 1.807) is 24.5 Å². The van der Waals surface area contributed by atoms with Crippen LogP contribution >= 0.6 is 0 Å². The molecule has 0 radical (unpaired) electrons. The molecule has 0 unspecified atom stereocenters. The second-order valence-electron chi connectivity index (χ2n) is 4.99. The van der Waals surface area contributed by atoms with Gasteiger partial charge in [0.15, 0.2) is 0 Å². The van der Waals surface area contributed by atoms with Crippen molar-refractivity contribution in [1.82, 2.24) is 10.3 Å². The number of nitrogens with one attached hydrogen (secondary N) is 1. The molecule has 0 aliphatic rings. The summed E-state index contributed by atoms with van der Waals surface area (Å²) >= 11 is 0. The van der Waals surface area contributed by atoms with Crippen LogP contribution in [0, 0.1) is 0 Å². The fourth-order valence-corrected chi connectivity index (χ4v) is 1.95. The minimum absolute atomic E-state index is 0.105. The zero-order valence-electron chi connectivity index (χ0n) is 12.5. The molecule has 0 aliphatic heterocycles. The lowest BCUT2D eigenvalue weighted by Crippen LogP contribution is -2.34. The van der Waals surface area contributed by atoms with Crippen molar-refractivity contribution in [1.29, 1.82) is 0 Å². The highest BCUT2D eigenvalue weighted by atomic mass is 16.5. The molecule has 0 saturated heterocycles. The summed E-state index contributed by atoms with van der Waals surface area (Å²) in [5.74, 6) is -0.238. The third kappa shape index (κ3) is 4.95. The molecule has 5 heteroatoms. The number of aromatic nitrogens is 1. The minimum atomic E-state index is -0.753. The van der Waals surface area contributed by atoms with Crippen LogP contribution in [0.1, 0.15) is 28.9 Å². The van der Waals surface area contributed by atoms with E-state index in [0.717, 1.165) is 5.56 Å². The number of carbonyl (C=O) groups excluding carboxylic acids is 1. The van der Waals surface area contributed by atoms with Crippen molar-refractivity contribution in [2.75, 3.05) is 13.2 Å². The van der Waals surface area contributed by atoms with Gasteiger partial charge in [0.05, 0.1) is 18.8 Å². The quantitative estimate of drug-likeness (QED) is 0.820. The zero-order valence-corrected chi connectivity index (χ0v) is 12.5. The average Bonchev–Trinajstić information content (AvgIpc) is 2.59. The number of hydrogen-bond acceptors (Lipinski definition) is 4. The standard InChI is InChI=1S/C17H20N2O3/c1-13(14-5-3-2-4-6-14)22-12-16(20)11-19-17(21)15-7-9-18-10-8-15/h2-10,13,16,20H,11-12H2,1H3,(H,19,21)/t13-,16-/m1/s1. The second kappa shape index (κ2) is 8.26. The van der Waals surface area contributed by atoms with Crippen LogP contribution < -0.4 is 5.32 Å². The van der Waals surface area contributed by atoms with E-state index >= 15 is 0 Å². The highest BCUT2D eigenvalue weighted by Crippen LogP contribution is 2.15. The largest absolute Gasteiger partial charge is 0.389 e. The number of rotatable bonds is 7. The van der Waals surface area contributed by atoms with E-state index in [2.05, 4.69) is 10.3 Å². The molecule has 22 heavy (non-hydrogen) atoms. The van der Waals surface area contributed by atoms with E-state index < -0.39 is 6.10 Å². The maximum absolute atomic E-state index is 11.8. The Balaban J connectivity index is 1.72. The SMILES string of the molecule is C[C@@H](OC[C@H](O)CNC(=O)c1ccncc1)c1ccccc1. The summed E-state index contributed by atoms with van der Waals surface area (Å²) in [5, 5.41) is 12.6. The molecular weight excluding hydrogens is 280 g/mol. The van der Waals surface area contributed by atoms with Crippen LogP contribution in [0.15, 0.2) is 54.9 Å². The lowest BCUT2D eigenvalue weighted by atomic mass is 10.1. The van der Waals surface area contributed by atoms with Gasteiger partial charge >= 0.3 is 0 Å². The minimum Gasteiger partial charge on any atom is -0.389 e. The normalized spacial score (nSPS) is 13.4. The molecule has 0 aliphatic carbocycles. The molecule has 5 nitrogen and oxygen atoms in total. The van der Waals surface area contributed by atoms with Gasteiger partial charge in [0, 0.05) is 24.5 Å². The van der Waals surface area contributed by atoms with Crippen LogP contribution in [-0.4, -0.2) is 35.3 Å². The summed E-state index contributed by atoms with van der Waals surface area (Å²) < 4.78 is 5.62. The van der Waals surface area contributed by atoms with E-state index in [1.807, 2.05) is 37.3 Å². The molecule has 116 valence electrons. The van der Waals surface area contributed by atoms with Gasteiger partial charge in [0.25, 0.3) is 5.91 Å². The predicted octanol–water partition coefficient (Wildman–Crippen LogP) is 1.95. The van der Waals surface area contributed by atoms with Crippen molar-refractivity contribution in [3.05, 3.63) is 66.0 Å². The maximum Gasteiger partial charge on any atom is 0.251 e. The Morgan fingerprint density at radius 2 is 1.91 bits per heavy atom. The molecule has 0 spiro atoms. The van der Waals surface area contributed by atoms with Crippen molar-refractivity contribution >= 4 is 5.91 Å². The Labute approximate surface area is 130 Å². The number of hydrogen-bond donors (Lipinski definition) is 2. The smallest absolute Gasteiger partial charge is 0.251 e. The first-order valence-electron chi connectivity index (χ1n) is 7.19. The molecule has 1 aromatic heterocycles. The van der Waals surface area contributed by atoms with Gasteiger partial charge in [-0.15, -0.1) is 0 Å². The molecule has 0 fully saturated rings. The molecule has 2 aromatic rings. The fourth-order valence-electron chi connectivity index (χ4n) is 1.95. The highest BCUT2D eigenvalue weighted by Gasteiger charge is 2.11. The summed E-state index contributed by atoms with van der Waals surface area (Å²) in [6, 6.07) is 13.0. The summed E-state index contributed by atoms with van der Waals surface area (Å²) in [6.45, 7) is 2.23. The summed E-state index contributed by atoms with van der Waals surface area (Å²) in [5.41, 5.74) is 1.57. The van der Waals surface area contributed by atoms with E-state index in [-0.39, 0.29) is 25.2 Å². The van der Waals surface area contributed by atoms with Crippen LogP contribution in [0.25, 0.3) is 0 Å². The molecule has 1 aromatic carbocycles. The average molecular weight is 300 g/mol. The first-order chi connectivity index (χ1) is 10.7. The molecule has 2 rings (SSSR count). The molecule has 1 amide bonds. The lowest BCUT2D eigenvalue weighted by Gasteiger charge is -2.17. The number of nitrogens with zero attached hydrogens (tertiary/aromatic N) is 1. The van der Waals surface area contributed by atoms with Crippen molar-refractivity contribution in [2.24, 2.45) is 0 Å². The third-order valence-electron chi connectivity index (χ3n) is 3.25. The van der Waals surface area contributed by atoms with Crippen molar-refractivity contribution in [3.63, 3.8) is 0 Å². The first-order valence-corrected chi connectivity index (χ1v) is 7.19. The van der Waals surface area contributed by atoms with Crippen molar-refractivity contribution < 1.29 is 14.6 Å². The van der Waals surface area contributed by atoms with Gasteiger partial charge in [-0.25, -0.2) is 0 Å². The van der Waals surface area contributed by atoms with Crippen LogP contribution in [0.4, 0.5) is 0 Å². The van der Waals surface area contributed by atoms with Crippen molar-refractivity contribution in [3.8, 4) is 0 Å². The van der Waals surface area contributed by atoms with Crippen LogP contribution in [0.3, 0.4) is 0 Å². The molecular formula is C17H20N2O3. The van der Waals surface area contributed by atoms with E-state index in [9.17, 15) is 9.90 Å². The molecule has 2 N–H and O–H groups in total. The Morgan fingerprint density at radius 3 is 2.59 bits per heavy atom. The Kier molecular flexibility index (Phi) is 6.06. The van der Waals surface area contributed by atoms with Gasteiger partial charge in [-0.05, 0) is 24.6 Å². The number of aliphatic hydroxyl groups is 1. The van der Waals surface area contributed by atoms with Gasteiger partial charge in [-0.1, -0.05) is 30.3 Å². The van der Waals surface area contributed by atoms with Crippen molar-refractivity contribution in [2.45, 2.75) is 19.1 Å². The number of carbonyl (C=O) groups is 1. The number of benzene rings is 1. The summed E-state index contributed by atoms with van der Waals surface area (Å²) in [7, 11) is 0. The zero-order chi connectivity index (χ0) is 15.8. The highest BCUT2D eigenvalue weighted by molar-refractivity contribution is 5.93. The van der Waals surface area contributed by atoms with Crippen LogP contribution in [0.2, 0.25) is 0 Å². The Hall–Kier alpha value is -2.24. The predicted molar refractivity (Wildman–Crippen MR) is 83.4 cm³/mol. The number of pyridine rings is 1. The second-order valence-corrected chi connectivity index (χ2v) is 4.99. The lowest BCUT2D eigenvalue weighted by molar-refractivity contribution is -0.00171. The van der Waals surface area contributed by atoms with Gasteiger partial charge < -0.3 is 15.2 Å². The van der Waals surface area contributed by atoms with Gasteiger partial charge in [0.1, 0.15) is 0 Å². The van der Waals surface area contributed by atoms with Gasteiger partial charge in [0.2, 0.25) is 0 Å². The number of amides is 1. The molecule has 0 saturated carbocycles. The van der Waals surface area contributed by atoms with Crippen LogP contribution in [0.5, 0.6) is 0 Å². The topological polar surface area (TPSA) is 71.5 Å². The maximum atomic E-state index is 11.8. The molecule has 2 atom stereocenters. The molecule has 0 bridgehead atoms. The first kappa shape index (κ1) is 16.1. The van der Waals surface area contributed by atoms with E-state index in [1.165, 1.54) is 0 Å². The molecule has 1 heterocycles. The van der Waals surface area contributed by atoms with Gasteiger partial charge in [-0.3, -0.25) is 9.78 Å². The number of aliphatic hydroxyl groups excluding tert-OH is 1.